The molecular weight excluding hydrogens is 232 g/mol. The lowest BCUT2D eigenvalue weighted by Gasteiger charge is -2.32. The summed E-state index contributed by atoms with van der Waals surface area (Å²) < 4.78 is 26.8. The van der Waals surface area contributed by atoms with Crippen molar-refractivity contribution in [2.75, 3.05) is 6.54 Å². The maximum Gasteiger partial charge on any atom is 0.248 e. The highest BCUT2D eigenvalue weighted by molar-refractivity contribution is 4.92. The normalized spacial score (nSPS) is 31.2. The minimum Gasteiger partial charge on any atom is -0.314 e. The van der Waals surface area contributed by atoms with E-state index in [0.29, 0.717) is 18.4 Å². The van der Waals surface area contributed by atoms with Crippen LogP contribution in [0.1, 0.15) is 64.7 Å². The van der Waals surface area contributed by atoms with Crippen LogP contribution in [0.2, 0.25) is 0 Å². The lowest BCUT2D eigenvalue weighted by molar-refractivity contribution is 0.00187. The molecule has 2 unspecified atom stereocenters. The summed E-state index contributed by atoms with van der Waals surface area (Å²) in [6, 6.07) is 0.335. The Morgan fingerprint density at radius 3 is 2.22 bits per heavy atom. The highest BCUT2D eigenvalue weighted by Crippen LogP contribution is 2.43. The molecule has 0 amide bonds. The molecule has 2 atom stereocenters. The molecule has 18 heavy (non-hydrogen) atoms. The van der Waals surface area contributed by atoms with E-state index in [9.17, 15) is 8.78 Å². The molecule has 1 N–H and O–H groups in total. The van der Waals surface area contributed by atoms with Gasteiger partial charge in [-0.2, -0.15) is 0 Å². The minimum absolute atomic E-state index is 0.103. The summed E-state index contributed by atoms with van der Waals surface area (Å²) in [5, 5.41) is 3.53. The van der Waals surface area contributed by atoms with Crippen LogP contribution in [0.15, 0.2) is 0 Å². The third-order valence-electron chi connectivity index (χ3n) is 4.80. The fourth-order valence-corrected chi connectivity index (χ4v) is 3.91. The second-order valence-corrected chi connectivity index (χ2v) is 6.19. The van der Waals surface area contributed by atoms with Gasteiger partial charge in [-0.1, -0.05) is 32.6 Å². The van der Waals surface area contributed by atoms with Crippen molar-refractivity contribution in [2.45, 2.75) is 76.7 Å². The van der Waals surface area contributed by atoms with E-state index < -0.39 is 5.92 Å². The van der Waals surface area contributed by atoms with Gasteiger partial charge in [0.05, 0.1) is 0 Å². The first-order valence-electron chi connectivity index (χ1n) is 7.73. The monoisotopic (exact) mass is 259 g/mol. The molecule has 2 fully saturated rings. The maximum absolute atomic E-state index is 13.4. The van der Waals surface area contributed by atoms with Crippen molar-refractivity contribution < 1.29 is 8.78 Å². The standard InChI is InChI=1S/C15H27F2N/c1-2-18-14(12-7-5-3-4-6-8-12)13-9-10-15(16,17)11-13/h12-14,18H,2-11H2,1H3. The Kier molecular flexibility index (Phi) is 4.99. The molecule has 0 aromatic heterocycles. The molecule has 0 radical (unpaired) electrons. The minimum atomic E-state index is -2.40. The summed E-state index contributed by atoms with van der Waals surface area (Å²) in [7, 11) is 0. The van der Waals surface area contributed by atoms with E-state index in [1.165, 1.54) is 38.5 Å². The van der Waals surface area contributed by atoms with Crippen LogP contribution >= 0.6 is 0 Å². The highest BCUT2D eigenvalue weighted by Gasteiger charge is 2.43. The van der Waals surface area contributed by atoms with Gasteiger partial charge in [0, 0.05) is 18.9 Å². The van der Waals surface area contributed by atoms with Crippen molar-refractivity contribution in [3.05, 3.63) is 0 Å². The van der Waals surface area contributed by atoms with E-state index in [4.69, 9.17) is 0 Å². The molecule has 2 aliphatic rings. The van der Waals surface area contributed by atoms with Crippen LogP contribution in [-0.4, -0.2) is 18.5 Å². The predicted octanol–water partition coefficient (Wildman–Crippen LogP) is 4.37. The van der Waals surface area contributed by atoms with Crippen LogP contribution in [0, 0.1) is 11.8 Å². The van der Waals surface area contributed by atoms with Crippen LogP contribution in [0.4, 0.5) is 8.78 Å². The van der Waals surface area contributed by atoms with E-state index in [-0.39, 0.29) is 18.8 Å². The molecule has 0 bridgehead atoms. The summed E-state index contributed by atoms with van der Waals surface area (Å²) in [5.41, 5.74) is 0. The fourth-order valence-electron chi connectivity index (χ4n) is 3.91. The van der Waals surface area contributed by atoms with Crippen LogP contribution in [0.3, 0.4) is 0 Å². The third-order valence-corrected chi connectivity index (χ3v) is 4.80. The first kappa shape index (κ1) is 14.2. The molecule has 2 saturated carbocycles. The average Bonchev–Trinajstić information content (AvgIpc) is 2.56. The molecule has 106 valence electrons. The second kappa shape index (κ2) is 6.31. The quantitative estimate of drug-likeness (QED) is 0.739. The molecule has 2 aliphatic carbocycles. The Labute approximate surface area is 110 Å². The summed E-state index contributed by atoms with van der Waals surface area (Å²) in [6.07, 6.45) is 8.63. The Bertz CT molecular complexity index is 242. The van der Waals surface area contributed by atoms with E-state index in [0.717, 1.165) is 6.54 Å². The zero-order chi connectivity index (χ0) is 13.0. The molecular formula is C15H27F2N. The first-order chi connectivity index (χ1) is 8.62. The van der Waals surface area contributed by atoms with Crippen molar-refractivity contribution in [1.82, 2.24) is 5.32 Å². The smallest absolute Gasteiger partial charge is 0.248 e. The molecule has 3 heteroatoms. The molecule has 0 saturated heterocycles. The molecule has 0 spiro atoms. The van der Waals surface area contributed by atoms with E-state index in [1.54, 1.807) is 0 Å². The van der Waals surface area contributed by atoms with Gasteiger partial charge in [-0.05, 0) is 37.6 Å². The lowest BCUT2D eigenvalue weighted by Crippen LogP contribution is -2.41. The fraction of sp³-hybridized carbons (Fsp3) is 1.00. The van der Waals surface area contributed by atoms with Gasteiger partial charge in [0.1, 0.15) is 0 Å². The SMILES string of the molecule is CCNC(C1CCCCCC1)C1CCC(F)(F)C1. The van der Waals surface area contributed by atoms with E-state index in [1.807, 2.05) is 0 Å². The Morgan fingerprint density at radius 1 is 1.06 bits per heavy atom. The first-order valence-corrected chi connectivity index (χ1v) is 7.73. The van der Waals surface area contributed by atoms with Gasteiger partial charge in [-0.25, -0.2) is 8.78 Å². The average molecular weight is 259 g/mol. The van der Waals surface area contributed by atoms with Gasteiger partial charge in [-0.3, -0.25) is 0 Å². The number of rotatable bonds is 4. The van der Waals surface area contributed by atoms with Gasteiger partial charge in [0.15, 0.2) is 0 Å². The van der Waals surface area contributed by atoms with Gasteiger partial charge in [-0.15, -0.1) is 0 Å². The van der Waals surface area contributed by atoms with Crippen molar-refractivity contribution >= 4 is 0 Å². The molecule has 0 aliphatic heterocycles. The second-order valence-electron chi connectivity index (χ2n) is 6.19. The van der Waals surface area contributed by atoms with Gasteiger partial charge >= 0.3 is 0 Å². The zero-order valence-electron chi connectivity index (χ0n) is 11.6. The maximum atomic E-state index is 13.4. The van der Waals surface area contributed by atoms with E-state index in [2.05, 4.69) is 12.2 Å². The number of hydrogen-bond acceptors (Lipinski definition) is 1. The highest BCUT2D eigenvalue weighted by atomic mass is 19.3. The van der Waals surface area contributed by atoms with Crippen molar-refractivity contribution in [3.8, 4) is 0 Å². The number of nitrogens with one attached hydrogen (secondary N) is 1. The van der Waals surface area contributed by atoms with Crippen molar-refractivity contribution in [3.63, 3.8) is 0 Å². The molecule has 0 aromatic rings. The number of alkyl halides is 2. The summed E-state index contributed by atoms with van der Waals surface area (Å²) >= 11 is 0. The Hall–Kier alpha value is -0.180. The molecule has 0 aromatic carbocycles. The van der Waals surface area contributed by atoms with Gasteiger partial charge in [0.25, 0.3) is 0 Å². The Balaban J connectivity index is 1.98. The van der Waals surface area contributed by atoms with Crippen LogP contribution in [0.25, 0.3) is 0 Å². The van der Waals surface area contributed by atoms with Crippen LogP contribution < -0.4 is 5.32 Å². The molecule has 1 nitrogen and oxygen atoms in total. The third kappa shape index (κ3) is 3.66. The zero-order valence-corrected chi connectivity index (χ0v) is 11.6. The summed E-state index contributed by atoms with van der Waals surface area (Å²) in [5.74, 6) is -1.57. The van der Waals surface area contributed by atoms with Crippen molar-refractivity contribution in [2.24, 2.45) is 11.8 Å². The predicted molar refractivity (Wildman–Crippen MR) is 70.9 cm³/mol. The number of halogens is 2. The Morgan fingerprint density at radius 2 is 1.72 bits per heavy atom. The van der Waals surface area contributed by atoms with Crippen molar-refractivity contribution in [1.29, 1.82) is 0 Å². The lowest BCUT2D eigenvalue weighted by atomic mass is 9.82. The van der Waals surface area contributed by atoms with Gasteiger partial charge < -0.3 is 5.32 Å². The molecule has 0 heterocycles. The van der Waals surface area contributed by atoms with Crippen LogP contribution in [0.5, 0.6) is 0 Å². The topological polar surface area (TPSA) is 12.0 Å². The summed E-state index contributed by atoms with van der Waals surface area (Å²) in [4.78, 5) is 0. The number of hydrogen-bond donors (Lipinski definition) is 1. The largest absolute Gasteiger partial charge is 0.314 e. The van der Waals surface area contributed by atoms with E-state index >= 15 is 0 Å². The molecule has 2 rings (SSSR count). The summed E-state index contributed by atoms with van der Waals surface area (Å²) in [6.45, 7) is 3.00. The van der Waals surface area contributed by atoms with Gasteiger partial charge in [0.2, 0.25) is 5.92 Å². The van der Waals surface area contributed by atoms with Crippen LogP contribution in [-0.2, 0) is 0 Å².